The summed E-state index contributed by atoms with van der Waals surface area (Å²) in [5.41, 5.74) is 0.156. The van der Waals surface area contributed by atoms with Gasteiger partial charge in [0, 0.05) is 5.41 Å². The van der Waals surface area contributed by atoms with Crippen molar-refractivity contribution >= 4 is 11.9 Å². The highest BCUT2D eigenvalue weighted by molar-refractivity contribution is 5.97. The van der Waals surface area contributed by atoms with Crippen molar-refractivity contribution < 1.29 is 23.5 Å². The number of esters is 2. The average molecular weight is 384 g/mol. The van der Waals surface area contributed by atoms with Crippen LogP contribution in [0, 0.1) is 16.7 Å². The van der Waals surface area contributed by atoms with Crippen molar-refractivity contribution in [2.45, 2.75) is 65.6 Å². The molecule has 0 aromatic carbocycles. The highest BCUT2D eigenvalue weighted by Crippen LogP contribution is 2.68. The summed E-state index contributed by atoms with van der Waals surface area (Å²) in [5.74, 6) is -0.435. The lowest BCUT2D eigenvalue weighted by molar-refractivity contribution is -0.932. The van der Waals surface area contributed by atoms with Gasteiger partial charge >= 0.3 is 11.9 Å². The summed E-state index contributed by atoms with van der Waals surface area (Å²) in [5, 5.41) is 0. The van der Waals surface area contributed by atoms with E-state index in [9.17, 15) is 9.59 Å². The van der Waals surface area contributed by atoms with Crippen LogP contribution in [0.4, 0.5) is 0 Å². The largest absolute Gasteiger partial charge is 0.461 e. The van der Waals surface area contributed by atoms with E-state index in [4.69, 9.17) is 9.47 Å². The van der Waals surface area contributed by atoms with Gasteiger partial charge < -0.3 is 18.9 Å². The fourth-order valence-corrected chi connectivity index (χ4v) is 6.30. The van der Waals surface area contributed by atoms with Crippen LogP contribution >= 0.6 is 0 Å². The zero-order chi connectivity index (χ0) is 20.8. The number of fused-ring (bicyclic) bond motifs is 2. The van der Waals surface area contributed by atoms with Gasteiger partial charge in [-0.1, -0.05) is 20.8 Å². The molecule has 0 saturated heterocycles. The predicted molar refractivity (Wildman–Crippen MR) is 105 cm³/mol. The number of carbonyl (C=O) groups is 2. The van der Waals surface area contributed by atoms with Gasteiger partial charge in [-0.2, -0.15) is 0 Å². The van der Waals surface area contributed by atoms with Crippen molar-refractivity contribution in [3.8, 4) is 0 Å². The van der Waals surface area contributed by atoms with Gasteiger partial charge in [-0.05, 0) is 52.1 Å². The van der Waals surface area contributed by atoms with Gasteiger partial charge in [-0.3, -0.25) is 0 Å². The van der Waals surface area contributed by atoms with Crippen LogP contribution in [0.15, 0.2) is 0 Å². The number of nitrogens with zero attached hydrogens (tertiary/aromatic N) is 2. The van der Waals surface area contributed by atoms with Gasteiger partial charge in [0.25, 0.3) is 6.04 Å². The second kappa shape index (κ2) is 7.36. The molecule has 2 saturated carbocycles. The van der Waals surface area contributed by atoms with E-state index in [-0.39, 0.29) is 34.6 Å². The zero-order valence-electron chi connectivity index (χ0n) is 18.7. The van der Waals surface area contributed by atoms with Gasteiger partial charge in [0.2, 0.25) is 0 Å². The Labute approximate surface area is 164 Å². The maximum absolute atomic E-state index is 12.9. The predicted octanol–water partition coefficient (Wildman–Crippen LogP) is 2.31. The quantitative estimate of drug-likeness (QED) is 0.384. The smallest absolute Gasteiger partial charge is 0.377 e. The van der Waals surface area contributed by atoms with Crippen molar-refractivity contribution in [2.24, 2.45) is 16.7 Å². The molecule has 0 spiro atoms. The van der Waals surface area contributed by atoms with Crippen LogP contribution in [0.5, 0.6) is 0 Å². The minimum Gasteiger partial charge on any atom is -0.461 e. The molecule has 2 aliphatic carbocycles. The molecule has 4 atom stereocenters. The summed E-state index contributed by atoms with van der Waals surface area (Å²) < 4.78 is 10.9. The lowest BCUT2D eigenvalue weighted by Gasteiger charge is -2.52. The minimum atomic E-state index is -0.968. The molecular formula is C21H39N2O4+. The van der Waals surface area contributed by atoms with E-state index in [0.29, 0.717) is 12.0 Å². The molecule has 0 radical (unpaired) electrons. The molecule has 2 rings (SSSR count). The monoisotopic (exact) mass is 383 g/mol. The Morgan fingerprint density at radius 2 is 1.56 bits per heavy atom. The minimum absolute atomic E-state index is 0.0212. The zero-order valence-corrected chi connectivity index (χ0v) is 18.7. The van der Waals surface area contributed by atoms with Crippen LogP contribution in [0.1, 0.15) is 47.5 Å². The normalized spacial score (nSPS) is 32.2. The SMILES string of the molecule is CCOC(=O)C(C(=O)OCC)[N+](C)(C)C1C(N(C)C)C2CCC1(C)C2(C)C. The van der Waals surface area contributed by atoms with Gasteiger partial charge in [0.05, 0.1) is 33.4 Å². The third-order valence-corrected chi connectivity index (χ3v) is 7.76. The van der Waals surface area contributed by atoms with Crippen molar-refractivity contribution in [2.75, 3.05) is 41.4 Å². The number of likely N-dealkylation sites (N-methyl/N-ethyl adjacent to an activating group) is 2. The van der Waals surface area contributed by atoms with Gasteiger partial charge in [0.1, 0.15) is 6.04 Å². The molecule has 0 aromatic rings. The third kappa shape index (κ3) is 3.19. The second-order valence-corrected chi connectivity index (χ2v) is 9.72. The topological polar surface area (TPSA) is 55.8 Å². The van der Waals surface area contributed by atoms with Gasteiger partial charge in [-0.15, -0.1) is 0 Å². The Balaban J connectivity index is 2.55. The fraction of sp³-hybridized carbons (Fsp3) is 0.905. The first kappa shape index (κ1) is 22.2. The van der Waals surface area contributed by atoms with E-state index in [1.165, 1.54) is 6.42 Å². The number of ether oxygens (including phenoxy) is 2. The van der Waals surface area contributed by atoms with Crippen LogP contribution < -0.4 is 0 Å². The summed E-state index contributed by atoms with van der Waals surface area (Å²) in [6, 6.07) is -0.551. The number of hydrogen-bond donors (Lipinski definition) is 0. The molecule has 0 amide bonds. The summed E-state index contributed by atoms with van der Waals surface area (Å²) in [4.78, 5) is 28.0. The Morgan fingerprint density at radius 1 is 1.07 bits per heavy atom. The molecule has 2 bridgehead atoms. The molecule has 27 heavy (non-hydrogen) atoms. The summed E-state index contributed by atoms with van der Waals surface area (Å²) in [6.45, 7) is 11.1. The molecule has 2 aliphatic rings. The first-order valence-electron chi connectivity index (χ1n) is 10.2. The van der Waals surface area contributed by atoms with Crippen molar-refractivity contribution in [3.63, 3.8) is 0 Å². The average Bonchev–Trinajstić information content (AvgIpc) is 2.86. The molecule has 2 fully saturated rings. The first-order valence-corrected chi connectivity index (χ1v) is 10.2. The number of rotatable bonds is 7. The van der Waals surface area contributed by atoms with Crippen LogP contribution in [-0.2, 0) is 19.1 Å². The molecule has 0 aliphatic heterocycles. The van der Waals surface area contributed by atoms with Crippen LogP contribution in [-0.4, -0.2) is 80.9 Å². The number of carbonyl (C=O) groups excluding carboxylic acids is 2. The van der Waals surface area contributed by atoms with Crippen molar-refractivity contribution in [3.05, 3.63) is 0 Å². The van der Waals surface area contributed by atoms with Crippen LogP contribution in [0.2, 0.25) is 0 Å². The van der Waals surface area contributed by atoms with Crippen molar-refractivity contribution in [1.82, 2.24) is 4.90 Å². The lowest BCUT2D eigenvalue weighted by atomic mass is 9.68. The van der Waals surface area contributed by atoms with E-state index in [0.717, 1.165) is 6.42 Å². The maximum atomic E-state index is 12.9. The highest BCUT2D eigenvalue weighted by Gasteiger charge is 2.73. The van der Waals surface area contributed by atoms with Crippen molar-refractivity contribution in [1.29, 1.82) is 0 Å². The van der Waals surface area contributed by atoms with E-state index >= 15 is 0 Å². The molecular weight excluding hydrogens is 344 g/mol. The van der Waals surface area contributed by atoms with Gasteiger partial charge in [-0.25, -0.2) is 9.59 Å². The molecule has 0 heterocycles. The molecule has 156 valence electrons. The van der Waals surface area contributed by atoms with Crippen LogP contribution in [0.3, 0.4) is 0 Å². The van der Waals surface area contributed by atoms with Crippen LogP contribution in [0.25, 0.3) is 0 Å². The molecule has 6 heteroatoms. The maximum Gasteiger partial charge on any atom is 0.377 e. The Kier molecular flexibility index (Phi) is 6.04. The summed E-state index contributed by atoms with van der Waals surface area (Å²) >= 11 is 0. The number of hydrogen-bond acceptors (Lipinski definition) is 5. The van der Waals surface area contributed by atoms with E-state index in [1.807, 2.05) is 14.1 Å². The second-order valence-electron chi connectivity index (χ2n) is 9.72. The standard InChI is InChI=1S/C21H39N2O4/c1-10-26-18(24)16(19(25)27-11-2)23(8,9)17-15(22(6)7)14-12-13-21(17,5)20(14,3)4/h14-17H,10-13H2,1-9H3/q+1. The summed E-state index contributed by atoms with van der Waals surface area (Å²) in [6.07, 6.45) is 2.30. The highest BCUT2D eigenvalue weighted by atomic mass is 16.6. The van der Waals surface area contributed by atoms with E-state index in [2.05, 4.69) is 39.8 Å². The Hall–Kier alpha value is -1.14. The molecule has 0 N–H and O–H groups in total. The first-order chi connectivity index (χ1) is 12.4. The van der Waals surface area contributed by atoms with E-state index in [1.54, 1.807) is 13.8 Å². The molecule has 0 aromatic heterocycles. The molecule has 6 nitrogen and oxygen atoms in total. The van der Waals surface area contributed by atoms with E-state index < -0.39 is 18.0 Å². The third-order valence-electron chi connectivity index (χ3n) is 7.76. The van der Waals surface area contributed by atoms with Gasteiger partial charge in [0.15, 0.2) is 0 Å². The fourth-order valence-electron chi connectivity index (χ4n) is 6.30. The number of quaternary nitrogens is 1. The Morgan fingerprint density at radius 3 is 1.96 bits per heavy atom. The lowest BCUT2D eigenvalue weighted by Crippen LogP contribution is -2.70. The molecule has 4 unspecified atom stereocenters. The summed E-state index contributed by atoms with van der Waals surface area (Å²) in [7, 11) is 8.23. The Bertz CT molecular complexity index is 569.